The highest BCUT2D eigenvalue weighted by atomic mass is 32.1. The van der Waals surface area contributed by atoms with E-state index in [2.05, 4.69) is 15.0 Å². The number of fused-ring (bicyclic) bond motifs is 3. The lowest BCUT2D eigenvalue weighted by molar-refractivity contribution is 0.0147. The molecule has 0 spiro atoms. The van der Waals surface area contributed by atoms with Gasteiger partial charge >= 0.3 is 5.97 Å². The van der Waals surface area contributed by atoms with Crippen molar-refractivity contribution in [2.75, 3.05) is 12.0 Å². The number of thiazole rings is 1. The number of hydrogen-bond acceptors (Lipinski definition) is 8. The van der Waals surface area contributed by atoms with Crippen LogP contribution in [0.25, 0.3) is 21.5 Å². The minimum absolute atomic E-state index is 0.0638. The van der Waals surface area contributed by atoms with Crippen LogP contribution in [0.2, 0.25) is 0 Å². The second-order valence-electron chi connectivity index (χ2n) is 10.7. The average Bonchev–Trinajstić information content (AvgIpc) is 3.46. The predicted molar refractivity (Wildman–Crippen MR) is 142 cm³/mol. The number of esters is 1. The summed E-state index contributed by atoms with van der Waals surface area (Å²) >= 11 is 1.37. The maximum atomic E-state index is 14.8. The molecule has 7 rings (SSSR count). The molecule has 2 aromatic heterocycles. The zero-order chi connectivity index (χ0) is 27.5. The summed E-state index contributed by atoms with van der Waals surface area (Å²) in [5.41, 5.74) is 1.00. The van der Waals surface area contributed by atoms with Crippen LogP contribution in [-0.4, -0.2) is 41.4 Å². The van der Waals surface area contributed by atoms with E-state index in [1.165, 1.54) is 36.6 Å². The molecule has 2 aromatic carbocycles. The number of aromatic nitrogens is 2. The first-order valence-corrected chi connectivity index (χ1v) is 14.2. The van der Waals surface area contributed by atoms with Gasteiger partial charge in [0.15, 0.2) is 10.9 Å². The molecule has 4 heterocycles. The average molecular weight is 570 g/mol. The number of benzene rings is 2. The molecule has 40 heavy (non-hydrogen) atoms. The van der Waals surface area contributed by atoms with Crippen LogP contribution in [0.1, 0.15) is 66.1 Å². The number of anilines is 1. The highest BCUT2D eigenvalue weighted by Crippen LogP contribution is 2.46. The third kappa shape index (κ3) is 4.35. The number of methoxy groups -OCH3 is 1. The number of halogens is 3. The Morgan fingerprint density at radius 3 is 2.48 bits per heavy atom. The summed E-state index contributed by atoms with van der Waals surface area (Å²) in [6.45, 7) is 0.158. The lowest BCUT2D eigenvalue weighted by Crippen LogP contribution is -2.45. The molecule has 11 heteroatoms. The Morgan fingerprint density at radius 1 is 1.07 bits per heavy atom. The van der Waals surface area contributed by atoms with Crippen LogP contribution in [0.5, 0.6) is 0 Å². The fraction of sp³-hybridized carbons (Fsp3) is 0.414. The Kier molecular flexibility index (Phi) is 6.31. The normalized spacial score (nSPS) is 22.3. The molecule has 2 saturated heterocycles. The lowest BCUT2D eigenvalue weighted by Gasteiger charge is -2.38. The molecule has 3 fully saturated rings. The molecule has 1 unspecified atom stereocenters. The van der Waals surface area contributed by atoms with Crippen LogP contribution in [0.3, 0.4) is 0 Å². The van der Waals surface area contributed by atoms with E-state index in [-0.39, 0.29) is 53.0 Å². The number of carbonyl (C=O) groups is 1. The first-order valence-electron chi connectivity index (χ1n) is 13.4. The number of carbonyl (C=O) groups excluding carboxylic acids is 1. The molecule has 0 N–H and O–H groups in total. The summed E-state index contributed by atoms with van der Waals surface area (Å²) in [5, 5.41) is 4.80. The second kappa shape index (κ2) is 9.88. The largest absolute Gasteiger partial charge is 0.465 e. The van der Waals surface area contributed by atoms with Crippen molar-refractivity contribution in [3.05, 3.63) is 64.7 Å². The van der Waals surface area contributed by atoms with E-state index < -0.39 is 23.4 Å². The van der Waals surface area contributed by atoms with Gasteiger partial charge in [-0.05, 0) is 62.8 Å². The van der Waals surface area contributed by atoms with Crippen molar-refractivity contribution in [3.8, 4) is 11.3 Å². The number of nitrogens with zero attached hydrogens (tertiary/aromatic N) is 3. The molecule has 2 aliphatic heterocycles. The minimum atomic E-state index is -0.686. The van der Waals surface area contributed by atoms with Crippen molar-refractivity contribution in [2.24, 2.45) is 0 Å². The zero-order valence-electron chi connectivity index (χ0n) is 21.7. The van der Waals surface area contributed by atoms with Gasteiger partial charge < -0.3 is 18.9 Å². The summed E-state index contributed by atoms with van der Waals surface area (Å²) < 4.78 is 61.3. The molecule has 0 amide bonds. The Labute approximate surface area is 231 Å². The molecule has 208 valence electrons. The number of hydrogen-bond donors (Lipinski definition) is 0. The third-order valence-corrected chi connectivity index (χ3v) is 9.21. The molecule has 3 atom stereocenters. The quantitative estimate of drug-likeness (QED) is 0.228. The van der Waals surface area contributed by atoms with Crippen LogP contribution in [0.4, 0.5) is 18.3 Å². The van der Waals surface area contributed by atoms with E-state index in [4.69, 9.17) is 14.0 Å². The highest BCUT2D eigenvalue weighted by Gasteiger charge is 2.43. The van der Waals surface area contributed by atoms with Crippen LogP contribution < -0.4 is 4.90 Å². The van der Waals surface area contributed by atoms with Gasteiger partial charge in [0.25, 0.3) is 0 Å². The predicted octanol–water partition coefficient (Wildman–Crippen LogP) is 6.75. The van der Waals surface area contributed by atoms with Gasteiger partial charge in [-0.25, -0.2) is 22.9 Å². The van der Waals surface area contributed by atoms with Crippen LogP contribution in [0.15, 0.2) is 34.9 Å². The van der Waals surface area contributed by atoms with Crippen molar-refractivity contribution in [1.29, 1.82) is 0 Å². The molecular weight excluding hydrogens is 543 g/mol. The van der Waals surface area contributed by atoms with Crippen molar-refractivity contribution >= 4 is 32.7 Å². The Morgan fingerprint density at radius 2 is 1.80 bits per heavy atom. The molecule has 4 aromatic rings. The number of rotatable bonds is 7. The second-order valence-corrected chi connectivity index (χ2v) is 11.7. The minimum Gasteiger partial charge on any atom is -0.465 e. The van der Waals surface area contributed by atoms with Crippen molar-refractivity contribution in [3.63, 3.8) is 0 Å². The van der Waals surface area contributed by atoms with E-state index >= 15 is 0 Å². The van der Waals surface area contributed by atoms with Gasteiger partial charge in [-0.3, -0.25) is 0 Å². The van der Waals surface area contributed by atoms with E-state index in [0.717, 1.165) is 49.7 Å². The number of ether oxygens (including phenoxy) is 2. The summed E-state index contributed by atoms with van der Waals surface area (Å²) in [6, 6.07) is 6.87. The maximum Gasteiger partial charge on any atom is 0.338 e. The van der Waals surface area contributed by atoms with E-state index in [0.29, 0.717) is 16.0 Å². The van der Waals surface area contributed by atoms with E-state index in [1.807, 2.05) is 0 Å². The first-order chi connectivity index (χ1) is 19.4. The van der Waals surface area contributed by atoms with Gasteiger partial charge in [0, 0.05) is 23.6 Å². The molecule has 3 aliphatic rings. The van der Waals surface area contributed by atoms with Crippen LogP contribution in [-0.2, 0) is 16.1 Å². The smallest absolute Gasteiger partial charge is 0.338 e. The molecule has 7 nitrogen and oxygen atoms in total. The highest BCUT2D eigenvalue weighted by molar-refractivity contribution is 7.22. The number of piperidine rings is 1. The Hall–Kier alpha value is -3.44. The standard InChI is InChI=1S/C29H26F3N3O4S/c1-37-28(36)15-9-22(32)26-23(10-15)40-29(33-26)35-16-7-8-17(35)12-18(11-16)38-13-19-25(34-39-27(19)14-5-6-14)24-20(30)3-2-4-21(24)31/h2-4,9-10,14,16-18H,5-8,11-13H2,1H3/t16-,17+,18?. The topological polar surface area (TPSA) is 77.7 Å². The van der Waals surface area contributed by atoms with Gasteiger partial charge in [-0.2, -0.15) is 0 Å². The first kappa shape index (κ1) is 25.5. The summed E-state index contributed by atoms with van der Waals surface area (Å²) in [5.74, 6) is -1.66. The van der Waals surface area contributed by atoms with Gasteiger partial charge in [-0.1, -0.05) is 22.6 Å². The molecule has 2 bridgehead atoms. The zero-order valence-corrected chi connectivity index (χ0v) is 22.5. The van der Waals surface area contributed by atoms with E-state index in [1.54, 1.807) is 6.07 Å². The van der Waals surface area contributed by atoms with Gasteiger partial charge in [0.2, 0.25) is 0 Å². The summed E-state index contributed by atoms with van der Waals surface area (Å²) in [4.78, 5) is 18.8. The third-order valence-electron chi connectivity index (χ3n) is 8.20. The molecule has 1 aliphatic carbocycles. The molecule has 1 saturated carbocycles. The van der Waals surface area contributed by atoms with Crippen molar-refractivity contribution in [2.45, 2.75) is 69.2 Å². The maximum absolute atomic E-state index is 14.8. The van der Waals surface area contributed by atoms with Crippen molar-refractivity contribution in [1.82, 2.24) is 10.1 Å². The van der Waals surface area contributed by atoms with Crippen LogP contribution >= 0.6 is 11.3 Å². The fourth-order valence-electron chi connectivity index (χ4n) is 6.15. The Bertz CT molecular complexity index is 1580. The van der Waals surface area contributed by atoms with Gasteiger partial charge in [0.1, 0.15) is 28.6 Å². The Balaban J connectivity index is 1.10. The monoisotopic (exact) mass is 569 g/mol. The summed E-state index contributed by atoms with van der Waals surface area (Å²) in [6.07, 6.45) is 5.25. The molecular formula is C29H26F3N3O4S. The molecule has 0 radical (unpaired) electrons. The fourth-order valence-corrected chi connectivity index (χ4v) is 7.31. The van der Waals surface area contributed by atoms with Gasteiger partial charge in [-0.15, -0.1) is 0 Å². The van der Waals surface area contributed by atoms with E-state index in [9.17, 15) is 18.0 Å². The SMILES string of the molecule is COC(=O)c1cc(F)c2nc(N3[C@@H]4CC[C@H]3CC(OCc3c(-c5c(F)cccc5F)noc3C3CC3)C4)sc2c1. The van der Waals surface area contributed by atoms with Crippen LogP contribution in [0, 0.1) is 17.5 Å². The summed E-state index contributed by atoms with van der Waals surface area (Å²) in [7, 11) is 1.27. The lowest BCUT2D eigenvalue weighted by atomic mass is 10.00. The van der Waals surface area contributed by atoms with Gasteiger partial charge in [0.05, 0.1) is 35.6 Å². The van der Waals surface area contributed by atoms with Crippen molar-refractivity contribution < 1.29 is 32.0 Å².